The van der Waals surface area contributed by atoms with Crippen LogP contribution in [0.4, 0.5) is 5.69 Å². The summed E-state index contributed by atoms with van der Waals surface area (Å²) in [5.41, 5.74) is 1.94. The zero-order valence-electron chi connectivity index (χ0n) is 16.9. The summed E-state index contributed by atoms with van der Waals surface area (Å²) in [4.78, 5) is 9.63. The number of aliphatic hydroxyl groups excluding tert-OH is 1. The van der Waals surface area contributed by atoms with Gasteiger partial charge < -0.3 is 24.5 Å². The molecule has 0 saturated heterocycles. The SMILES string of the molecule is CCC1(C)C(O)=C(c2nc3ccccc3[nH]2)C(=N)N1c1cc(OC)cc(OC)c1. The summed E-state index contributed by atoms with van der Waals surface area (Å²) in [6.45, 7) is 3.90. The highest BCUT2D eigenvalue weighted by Crippen LogP contribution is 2.45. The summed E-state index contributed by atoms with van der Waals surface area (Å²) in [6, 6.07) is 13.1. The van der Waals surface area contributed by atoms with E-state index in [0.29, 0.717) is 35.0 Å². The number of aliphatic hydroxyl groups is 1. The fourth-order valence-electron chi connectivity index (χ4n) is 3.80. The molecule has 0 spiro atoms. The Labute approximate surface area is 169 Å². The second-order valence-electron chi connectivity index (χ2n) is 7.21. The molecule has 0 saturated carbocycles. The van der Waals surface area contributed by atoms with E-state index in [2.05, 4.69) is 9.97 Å². The molecule has 2 heterocycles. The van der Waals surface area contributed by atoms with Gasteiger partial charge in [-0.2, -0.15) is 0 Å². The van der Waals surface area contributed by atoms with Crippen molar-refractivity contribution in [2.45, 2.75) is 25.8 Å². The number of hydrogen-bond acceptors (Lipinski definition) is 5. The number of ether oxygens (including phenoxy) is 2. The molecule has 150 valence electrons. The van der Waals surface area contributed by atoms with Crippen molar-refractivity contribution in [3.63, 3.8) is 0 Å². The van der Waals surface area contributed by atoms with Gasteiger partial charge in [0.05, 0.1) is 36.5 Å². The molecule has 0 fully saturated rings. The fourth-order valence-corrected chi connectivity index (χ4v) is 3.80. The lowest BCUT2D eigenvalue weighted by molar-refractivity contribution is 0.314. The Bertz CT molecular complexity index is 1080. The Hall–Kier alpha value is -3.48. The molecule has 0 amide bonds. The third-order valence-corrected chi connectivity index (χ3v) is 5.61. The van der Waals surface area contributed by atoms with Crippen molar-refractivity contribution in [2.75, 3.05) is 19.1 Å². The van der Waals surface area contributed by atoms with Crippen molar-refractivity contribution < 1.29 is 14.6 Å². The molecule has 3 aromatic rings. The third kappa shape index (κ3) is 2.81. The van der Waals surface area contributed by atoms with E-state index in [9.17, 15) is 5.11 Å². The van der Waals surface area contributed by atoms with Crippen LogP contribution in [0.5, 0.6) is 11.5 Å². The lowest BCUT2D eigenvalue weighted by atomic mass is 9.95. The summed E-state index contributed by atoms with van der Waals surface area (Å²) >= 11 is 0. The first-order valence-electron chi connectivity index (χ1n) is 9.44. The average molecular weight is 392 g/mol. The minimum Gasteiger partial charge on any atom is -0.509 e. The molecule has 0 bridgehead atoms. The average Bonchev–Trinajstić information content (AvgIpc) is 3.24. The molecule has 1 atom stereocenters. The number of nitrogens with zero attached hydrogens (tertiary/aromatic N) is 2. The third-order valence-electron chi connectivity index (χ3n) is 5.61. The number of imidazole rings is 1. The van der Waals surface area contributed by atoms with Crippen molar-refractivity contribution >= 4 is 28.1 Å². The van der Waals surface area contributed by atoms with E-state index in [1.165, 1.54) is 0 Å². The van der Waals surface area contributed by atoms with Crippen LogP contribution < -0.4 is 14.4 Å². The van der Waals surface area contributed by atoms with Crippen molar-refractivity contribution in [2.24, 2.45) is 0 Å². The standard InChI is InChI=1S/C22H24N4O3/c1-5-22(2)19(27)18(21-24-16-8-6-7-9-17(16)25-21)20(23)26(22)13-10-14(28-3)12-15(11-13)29-4/h6-12,23,27H,5H2,1-4H3,(H,24,25). The molecule has 0 aliphatic carbocycles. The van der Waals surface area contributed by atoms with Gasteiger partial charge in [0.15, 0.2) is 0 Å². The zero-order valence-corrected chi connectivity index (χ0v) is 16.9. The van der Waals surface area contributed by atoms with Crippen molar-refractivity contribution in [1.29, 1.82) is 5.41 Å². The number of H-pyrrole nitrogens is 1. The Morgan fingerprint density at radius 2 is 1.79 bits per heavy atom. The van der Waals surface area contributed by atoms with Crippen LogP contribution in [-0.2, 0) is 0 Å². The van der Waals surface area contributed by atoms with Gasteiger partial charge in [-0.15, -0.1) is 0 Å². The summed E-state index contributed by atoms with van der Waals surface area (Å²) in [7, 11) is 3.17. The number of nitrogens with one attached hydrogen (secondary N) is 2. The van der Waals surface area contributed by atoms with Crippen LogP contribution in [0, 0.1) is 5.41 Å². The predicted molar refractivity (Wildman–Crippen MR) is 114 cm³/mol. The number of aromatic amines is 1. The molecule has 1 aliphatic heterocycles. The van der Waals surface area contributed by atoms with Crippen LogP contribution >= 0.6 is 0 Å². The summed E-state index contributed by atoms with van der Waals surface area (Å²) in [6.07, 6.45) is 0.588. The highest BCUT2D eigenvalue weighted by molar-refractivity contribution is 6.31. The predicted octanol–water partition coefficient (Wildman–Crippen LogP) is 4.52. The second kappa shape index (κ2) is 6.84. The quantitative estimate of drug-likeness (QED) is 0.594. The van der Waals surface area contributed by atoms with E-state index in [4.69, 9.17) is 14.9 Å². The highest BCUT2D eigenvalue weighted by atomic mass is 16.5. The molecule has 7 heteroatoms. The molecule has 4 rings (SSSR count). The smallest absolute Gasteiger partial charge is 0.145 e. The Balaban J connectivity index is 1.87. The fraction of sp³-hybridized carbons (Fsp3) is 0.273. The van der Waals surface area contributed by atoms with Gasteiger partial charge in [-0.05, 0) is 25.5 Å². The van der Waals surface area contributed by atoms with Crippen LogP contribution in [0.15, 0.2) is 48.2 Å². The molecule has 29 heavy (non-hydrogen) atoms. The van der Waals surface area contributed by atoms with E-state index in [-0.39, 0.29) is 11.6 Å². The van der Waals surface area contributed by atoms with Gasteiger partial charge in [0, 0.05) is 18.2 Å². The van der Waals surface area contributed by atoms with Crippen LogP contribution in [0.25, 0.3) is 16.6 Å². The minimum atomic E-state index is -0.803. The first kappa shape index (κ1) is 18.9. The number of methoxy groups -OCH3 is 2. The van der Waals surface area contributed by atoms with Crippen LogP contribution in [0.3, 0.4) is 0 Å². The normalized spacial score (nSPS) is 19.3. The van der Waals surface area contributed by atoms with Gasteiger partial charge >= 0.3 is 0 Å². The van der Waals surface area contributed by atoms with Gasteiger partial charge in [0.1, 0.15) is 34.5 Å². The van der Waals surface area contributed by atoms with E-state index >= 15 is 0 Å². The Kier molecular flexibility index (Phi) is 4.45. The second-order valence-corrected chi connectivity index (χ2v) is 7.21. The maximum atomic E-state index is 11.2. The van der Waals surface area contributed by atoms with Gasteiger partial charge in [0.25, 0.3) is 0 Å². The minimum absolute atomic E-state index is 0.117. The van der Waals surface area contributed by atoms with E-state index in [1.54, 1.807) is 25.2 Å². The van der Waals surface area contributed by atoms with Crippen molar-refractivity contribution in [3.8, 4) is 11.5 Å². The van der Waals surface area contributed by atoms with Crippen molar-refractivity contribution in [1.82, 2.24) is 9.97 Å². The topological polar surface area (TPSA) is 94.5 Å². The van der Waals surface area contributed by atoms with Gasteiger partial charge in [-0.3, -0.25) is 5.41 Å². The van der Waals surface area contributed by atoms with Crippen molar-refractivity contribution in [3.05, 3.63) is 54.0 Å². The van der Waals surface area contributed by atoms with Crippen LogP contribution in [-0.4, -0.2) is 40.7 Å². The molecular weight excluding hydrogens is 368 g/mol. The molecule has 1 aliphatic rings. The lowest BCUT2D eigenvalue weighted by Gasteiger charge is -2.36. The number of fused-ring (bicyclic) bond motifs is 1. The number of rotatable bonds is 5. The van der Waals surface area contributed by atoms with Crippen LogP contribution in [0.1, 0.15) is 26.1 Å². The van der Waals surface area contributed by atoms with E-state index in [1.807, 2.05) is 50.2 Å². The first-order chi connectivity index (χ1) is 13.9. The maximum Gasteiger partial charge on any atom is 0.145 e. The number of anilines is 1. The molecule has 3 N–H and O–H groups in total. The molecule has 1 aromatic heterocycles. The van der Waals surface area contributed by atoms with Gasteiger partial charge in [-0.25, -0.2) is 4.98 Å². The highest BCUT2D eigenvalue weighted by Gasteiger charge is 2.48. The lowest BCUT2D eigenvalue weighted by Crippen LogP contribution is -2.45. The van der Waals surface area contributed by atoms with Gasteiger partial charge in [-0.1, -0.05) is 19.1 Å². The van der Waals surface area contributed by atoms with Gasteiger partial charge in [0.2, 0.25) is 0 Å². The van der Waals surface area contributed by atoms with Crippen LogP contribution in [0.2, 0.25) is 0 Å². The Morgan fingerprint density at radius 3 is 2.38 bits per heavy atom. The summed E-state index contributed by atoms with van der Waals surface area (Å²) in [5.74, 6) is 1.99. The molecule has 2 aromatic carbocycles. The summed E-state index contributed by atoms with van der Waals surface area (Å²) in [5, 5.41) is 20.1. The number of benzene rings is 2. The number of aromatic nitrogens is 2. The Morgan fingerprint density at radius 1 is 1.14 bits per heavy atom. The molecule has 7 nitrogen and oxygen atoms in total. The number of hydrogen-bond donors (Lipinski definition) is 3. The molecular formula is C22H24N4O3. The van der Waals surface area contributed by atoms with E-state index in [0.717, 1.165) is 11.0 Å². The van der Waals surface area contributed by atoms with E-state index < -0.39 is 5.54 Å². The number of para-hydroxylation sites is 2. The summed E-state index contributed by atoms with van der Waals surface area (Å²) < 4.78 is 10.8. The molecule has 1 unspecified atom stereocenters. The zero-order chi connectivity index (χ0) is 20.8. The largest absolute Gasteiger partial charge is 0.509 e. The number of amidine groups is 1. The maximum absolute atomic E-state index is 11.2. The monoisotopic (exact) mass is 392 g/mol. The molecule has 0 radical (unpaired) electrons. The first-order valence-corrected chi connectivity index (χ1v) is 9.44.